The summed E-state index contributed by atoms with van der Waals surface area (Å²) in [4.78, 5) is 42.2. The first-order valence-electron chi connectivity index (χ1n) is 13.4. The lowest BCUT2D eigenvalue weighted by Crippen LogP contribution is -2.37. The number of hydrogen-bond acceptors (Lipinski definition) is 3. The first-order chi connectivity index (χ1) is 19.2. The summed E-state index contributed by atoms with van der Waals surface area (Å²) in [6.07, 6.45) is 2.75. The number of aromatic amines is 1. The molecule has 1 aromatic heterocycles. The minimum absolute atomic E-state index is 0.112. The number of benzene rings is 3. The number of Topliss-reactive ketones (excluding diaryl/α,β-unsaturated/α-hetero) is 1. The third-order valence-electron chi connectivity index (χ3n) is 7.64. The van der Waals surface area contributed by atoms with Crippen molar-refractivity contribution in [2.75, 3.05) is 6.54 Å². The van der Waals surface area contributed by atoms with Gasteiger partial charge in [-0.25, -0.2) is 4.39 Å². The zero-order valence-corrected chi connectivity index (χ0v) is 22.9. The van der Waals surface area contributed by atoms with Gasteiger partial charge in [0.1, 0.15) is 5.82 Å². The van der Waals surface area contributed by atoms with Gasteiger partial charge < -0.3 is 15.6 Å². The van der Waals surface area contributed by atoms with Gasteiger partial charge in [0.2, 0.25) is 5.91 Å². The molecule has 0 spiro atoms. The van der Waals surface area contributed by atoms with E-state index in [4.69, 9.17) is 0 Å². The maximum absolute atomic E-state index is 14.8. The average molecular weight is 538 g/mol. The molecule has 204 valence electrons. The standard InChI is InChI=1S/C33H32FN3O3/c1-19-5-4-6-20(2)25(19)12-14-36-33(40)26-18-24(8-9-27(26)34)32-31(21(3)15-30(39)37-32)29(38)17-22-7-10-28-23(16-22)11-13-35-28/h4-11,13,16,18,32,35H,12,14-15,17H2,1-3H3,(H,36,40)(H,37,39). The summed E-state index contributed by atoms with van der Waals surface area (Å²) in [6, 6.07) is 17.2. The van der Waals surface area contributed by atoms with E-state index in [2.05, 4.69) is 15.6 Å². The van der Waals surface area contributed by atoms with E-state index < -0.39 is 17.8 Å². The second kappa shape index (κ2) is 11.3. The van der Waals surface area contributed by atoms with Gasteiger partial charge in [-0.05, 0) is 90.7 Å². The Hall–Kier alpha value is -4.52. The van der Waals surface area contributed by atoms with Crippen LogP contribution in [0.5, 0.6) is 0 Å². The highest BCUT2D eigenvalue weighted by molar-refractivity contribution is 6.02. The van der Waals surface area contributed by atoms with Crippen molar-refractivity contribution >= 4 is 28.5 Å². The fourth-order valence-corrected chi connectivity index (χ4v) is 5.54. The molecule has 0 saturated heterocycles. The number of halogens is 1. The third-order valence-corrected chi connectivity index (χ3v) is 7.64. The molecular weight excluding hydrogens is 505 g/mol. The van der Waals surface area contributed by atoms with Gasteiger partial charge in [-0.3, -0.25) is 14.4 Å². The van der Waals surface area contributed by atoms with Gasteiger partial charge in [-0.1, -0.05) is 35.9 Å². The van der Waals surface area contributed by atoms with Crippen molar-refractivity contribution in [3.63, 3.8) is 0 Å². The minimum Gasteiger partial charge on any atom is -0.361 e. The predicted molar refractivity (Wildman–Crippen MR) is 154 cm³/mol. The van der Waals surface area contributed by atoms with Crippen LogP contribution < -0.4 is 10.6 Å². The smallest absolute Gasteiger partial charge is 0.254 e. The number of carbonyl (C=O) groups is 3. The zero-order valence-electron chi connectivity index (χ0n) is 22.9. The van der Waals surface area contributed by atoms with Gasteiger partial charge >= 0.3 is 0 Å². The molecule has 4 aromatic rings. The molecule has 5 rings (SSSR count). The van der Waals surface area contributed by atoms with E-state index in [1.54, 1.807) is 6.92 Å². The molecule has 7 heteroatoms. The van der Waals surface area contributed by atoms with Gasteiger partial charge in [0.15, 0.2) is 5.78 Å². The third kappa shape index (κ3) is 5.59. The van der Waals surface area contributed by atoms with Crippen LogP contribution in [0.25, 0.3) is 10.9 Å². The maximum atomic E-state index is 14.8. The summed E-state index contributed by atoms with van der Waals surface area (Å²) >= 11 is 0. The molecule has 0 aliphatic carbocycles. The summed E-state index contributed by atoms with van der Waals surface area (Å²) < 4.78 is 14.8. The largest absolute Gasteiger partial charge is 0.361 e. The Morgan fingerprint density at radius 1 is 1.00 bits per heavy atom. The number of hydrogen-bond donors (Lipinski definition) is 3. The Morgan fingerprint density at radius 2 is 1.77 bits per heavy atom. The zero-order chi connectivity index (χ0) is 28.4. The molecule has 3 aromatic carbocycles. The van der Waals surface area contributed by atoms with Crippen LogP contribution in [-0.2, 0) is 22.4 Å². The molecule has 1 aliphatic rings. The number of amides is 2. The van der Waals surface area contributed by atoms with Crippen molar-refractivity contribution in [1.82, 2.24) is 15.6 Å². The van der Waals surface area contributed by atoms with Gasteiger partial charge in [0.05, 0.1) is 11.6 Å². The fourth-order valence-electron chi connectivity index (χ4n) is 5.54. The highest BCUT2D eigenvalue weighted by Crippen LogP contribution is 2.32. The van der Waals surface area contributed by atoms with E-state index >= 15 is 0 Å². The van der Waals surface area contributed by atoms with Crippen LogP contribution in [0.15, 0.2) is 78.0 Å². The molecule has 2 amide bonds. The molecule has 6 nitrogen and oxygen atoms in total. The van der Waals surface area contributed by atoms with E-state index in [1.807, 2.05) is 62.5 Å². The van der Waals surface area contributed by atoms with Gasteiger partial charge in [0.25, 0.3) is 5.91 Å². The highest BCUT2D eigenvalue weighted by Gasteiger charge is 2.31. The van der Waals surface area contributed by atoms with Crippen molar-refractivity contribution in [2.24, 2.45) is 0 Å². The molecule has 1 aliphatic heterocycles. The van der Waals surface area contributed by atoms with E-state index in [0.29, 0.717) is 29.7 Å². The monoisotopic (exact) mass is 537 g/mol. The summed E-state index contributed by atoms with van der Waals surface area (Å²) in [5, 5.41) is 6.72. The number of aromatic nitrogens is 1. The Kier molecular flexibility index (Phi) is 7.65. The summed E-state index contributed by atoms with van der Waals surface area (Å²) in [6.45, 7) is 6.18. The topological polar surface area (TPSA) is 91.1 Å². The van der Waals surface area contributed by atoms with Gasteiger partial charge in [-0.2, -0.15) is 0 Å². The minimum atomic E-state index is -0.772. The number of nitrogens with one attached hydrogen (secondary N) is 3. The van der Waals surface area contributed by atoms with Crippen molar-refractivity contribution in [2.45, 2.75) is 46.1 Å². The number of carbonyl (C=O) groups excluding carboxylic acids is 3. The fraction of sp³-hybridized carbons (Fsp3) is 0.242. The lowest BCUT2D eigenvalue weighted by Gasteiger charge is -2.28. The Bertz CT molecular complexity index is 1650. The van der Waals surface area contributed by atoms with E-state index in [0.717, 1.165) is 33.2 Å². The first kappa shape index (κ1) is 27.1. The maximum Gasteiger partial charge on any atom is 0.254 e. The number of aryl methyl sites for hydroxylation is 2. The quantitative estimate of drug-likeness (QED) is 0.274. The summed E-state index contributed by atoms with van der Waals surface area (Å²) in [7, 11) is 0. The lowest BCUT2D eigenvalue weighted by molar-refractivity contribution is -0.121. The average Bonchev–Trinajstić information content (AvgIpc) is 3.38. The molecule has 1 unspecified atom stereocenters. The Labute approximate surface area is 232 Å². The number of ketones is 1. The molecule has 0 radical (unpaired) electrons. The molecule has 1 atom stereocenters. The second-order valence-electron chi connectivity index (χ2n) is 10.5. The number of rotatable bonds is 8. The van der Waals surface area contributed by atoms with Crippen LogP contribution in [0.2, 0.25) is 0 Å². The lowest BCUT2D eigenvalue weighted by atomic mass is 9.85. The van der Waals surface area contributed by atoms with Crippen LogP contribution >= 0.6 is 0 Å². The molecule has 0 bridgehead atoms. The summed E-state index contributed by atoms with van der Waals surface area (Å²) in [5.74, 6) is -1.55. The van der Waals surface area contributed by atoms with Crippen molar-refractivity contribution in [3.05, 3.63) is 117 Å². The highest BCUT2D eigenvalue weighted by atomic mass is 19.1. The number of H-pyrrole nitrogens is 1. The van der Waals surface area contributed by atoms with Crippen molar-refractivity contribution < 1.29 is 18.8 Å². The number of fused-ring (bicyclic) bond motifs is 1. The van der Waals surface area contributed by atoms with Crippen LogP contribution in [-0.4, -0.2) is 29.1 Å². The van der Waals surface area contributed by atoms with Crippen LogP contribution in [0.3, 0.4) is 0 Å². The molecule has 0 saturated carbocycles. The van der Waals surface area contributed by atoms with E-state index in [9.17, 15) is 18.8 Å². The van der Waals surface area contributed by atoms with Gasteiger partial charge in [0, 0.05) is 36.7 Å². The normalized spacial score (nSPS) is 15.3. The molecule has 0 fully saturated rings. The van der Waals surface area contributed by atoms with Crippen molar-refractivity contribution in [1.29, 1.82) is 0 Å². The Balaban J connectivity index is 1.36. The molecule has 2 heterocycles. The summed E-state index contributed by atoms with van der Waals surface area (Å²) in [5.41, 5.74) is 6.79. The Morgan fingerprint density at radius 3 is 2.55 bits per heavy atom. The van der Waals surface area contributed by atoms with E-state index in [1.165, 1.54) is 18.2 Å². The first-order valence-corrected chi connectivity index (χ1v) is 13.4. The van der Waals surface area contributed by atoms with Crippen LogP contribution in [0, 0.1) is 19.7 Å². The molecular formula is C33H32FN3O3. The molecule has 3 N–H and O–H groups in total. The van der Waals surface area contributed by atoms with Crippen molar-refractivity contribution in [3.8, 4) is 0 Å². The predicted octanol–water partition coefficient (Wildman–Crippen LogP) is 5.59. The van der Waals surface area contributed by atoms with E-state index in [-0.39, 0.29) is 30.1 Å². The van der Waals surface area contributed by atoms with Gasteiger partial charge in [-0.15, -0.1) is 0 Å². The van der Waals surface area contributed by atoms with Crippen LogP contribution in [0.1, 0.15) is 57.6 Å². The molecule has 40 heavy (non-hydrogen) atoms. The second-order valence-corrected chi connectivity index (χ2v) is 10.5. The van der Waals surface area contributed by atoms with Crippen LogP contribution in [0.4, 0.5) is 4.39 Å². The SMILES string of the molecule is CC1=C(C(=O)Cc2ccc3[nH]ccc3c2)C(c2ccc(F)c(C(=O)NCCc3c(C)cccc3C)c2)NC(=O)C1.